The highest BCUT2D eigenvalue weighted by Gasteiger charge is 2.33. The van der Waals surface area contributed by atoms with Crippen LogP contribution in [0, 0.1) is 11.7 Å². The van der Waals surface area contributed by atoms with E-state index in [2.05, 4.69) is 15.4 Å². The molecule has 2 N–H and O–H groups in total. The Bertz CT molecular complexity index is 1100. The molecule has 30 heavy (non-hydrogen) atoms. The monoisotopic (exact) mass is 466 g/mol. The van der Waals surface area contributed by atoms with Gasteiger partial charge in [0.2, 0.25) is 0 Å². The average molecular weight is 467 g/mol. The summed E-state index contributed by atoms with van der Waals surface area (Å²) in [6.45, 7) is 0. The number of carbonyl (C=O) groups excluding carboxylic acids is 1. The highest BCUT2D eigenvalue weighted by atomic mass is 35.5. The van der Waals surface area contributed by atoms with Crippen molar-refractivity contribution in [3.63, 3.8) is 0 Å². The first-order valence-electron chi connectivity index (χ1n) is 8.60. The lowest BCUT2D eigenvalue weighted by Gasteiger charge is -2.12. The van der Waals surface area contributed by atoms with Crippen molar-refractivity contribution >= 4 is 39.0 Å². The van der Waals surface area contributed by atoms with E-state index in [0.29, 0.717) is 12.5 Å². The van der Waals surface area contributed by atoms with Crippen molar-refractivity contribution < 1.29 is 30.8 Å². The number of amidine groups is 1. The van der Waals surface area contributed by atoms with E-state index in [1.807, 2.05) is 0 Å². The van der Waals surface area contributed by atoms with Crippen molar-refractivity contribution in [2.75, 3.05) is 11.5 Å². The number of hydrogen-bond acceptors (Lipinski definition) is 5. The summed E-state index contributed by atoms with van der Waals surface area (Å²) in [6, 6.07) is 3.98. The lowest BCUT2D eigenvalue weighted by atomic mass is 10.0. The second kappa shape index (κ2) is 8.34. The number of hydrogen-bond donors (Lipinski definition) is 2. The van der Waals surface area contributed by atoms with Gasteiger partial charge in [-0.1, -0.05) is 11.6 Å². The molecule has 13 heteroatoms. The van der Waals surface area contributed by atoms with Crippen molar-refractivity contribution in [3.8, 4) is 0 Å². The van der Waals surface area contributed by atoms with Gasteiger partial charge in [-0.3, -0.25) is 9.89 Å². The van der Waals surface area contributed by atoms with E-state index >= 15 is 0 Å². The van der Waals surface area contributed by atoms with Crippen molar-refractivity contribution in [3.05, 3.63) is 46.4 Å². The van der Waals surface area contributed by atoms with Crippen LogP contribution >= 0.6 is 11.6 Å². The first kappa shape index (κ1) is 22.2. The molecule has 7 nitrogen and oxygen atoms in total. The second-order valence-corrected chi connectivity index (χ2v) is 9.39. The summed E-state index contributed by atoms with van der Waals surface area (Å²) in [6.07, 6.45) is -4.36. The number of rotatable bonds is 4. The summed E-state index contributed by atoms with van der Waals surface area (Å²) in [5.74, 6) is -2.58. The summed E-state index contributed by atoms with van der Waals surface area (Å²) < 4.78 is 75.2. The number of carbonyl (C=O) groups is 1. The summed E-state index contributed by atoms with van der Waals surface area (Å²) in [4.78, 5) is 16.4. The van der Waals surface area contributed by atoms with Gasteiger partial charge in [-0.2, -0.15) is 18.3 Å². The third-order valence-electron chi connectivity index (χ3n) is 4.37. The first-order valence-corrected chi connectivity index (χ1v) is 10.8. The Labute approximate surface area is 173 Å². The van der Waals surface area contributed by atoms with Gasteiger partial charge in [-0.05, 0) is 30.5 Å². The van der Waals surface area contributed by atoms with Crippen molar-refractivity contribution in [2.45, 2.75) is 19.0 Å². The number of H-pyrrole nitrogens is 1. The minimum Gasteiger partial charge on any atom is -0.310 e. The van der Waals surface area contributed by atoms with Crippen LogP contribution in [-0.4, -0.2) is 41.9 Å². The topological polar surface area (TPSA) is 104 Å². The van der Waals surface area contributed by atoms with Crippen molar-refractivity contribution in [1.82, 2.24) is 15.5 Å². The van der Waals surface area contributed by atoms with Gasteiger partial charge in [-0.25, -0.2) is 17.8 Å². The Morgan fingerprint density at radius 3 is 2.63 bits per heavy atom. The lowest BCUT2D eigenvalue weighted by molar-refractivity contribution is -0.141. The van der Waals surface area contributed by atoms with E-state index in [0.717, 1.165) is 6.07 Å². The summed E-state index contributed by atoms with van der Waals surface area (Å²) in [5, 5.41) is 7.47. The number of nitrogens with zero attached hydrogens (tertiary/aromatic N) is 2. The maximum Gasteiger partial charge on any atom is 0.432 e. The van der Waals surface area contributed by atoms with Crippen LogP contribution in [0.2, 0.25) is 5.02 Å². The molecule has 0 bridgehead atoms. The maximum atomic E-state index is 13.6. The zero-order valence-electron chi connectivity index (χ0n) is 15.1. The molecule has 1 aromatic heterocycles. The fourth-order valence-electron chi connectivity index (χ4n) is 2.92. The number of amides is 1. The quantitative estimate of drug-likeness (QED) is 0.409. The molecule has 3 rings (SSSR count). The molecule has 2 aromatic rings. The second-order valence-electron chi connectivity index (χ2n) is 6.75. The van der Waals surface area contributed by atoms with E-state index in [9.17, 15) is 30.8 Å². The van der Waals surface area contributed by atoms with Gasteiger partial charge in [0.15, 0.2) is 15.7 Å². The fraction of sp³-hybridized carbons (Fsp3) is 0.353. The predicted octanol–water partition coefficient (Wildman–Crippen LogP) is 3.51. The van der Waals surface area contributed by atoms with Gasteiger partial charge in [0.05, 0.1) is 16.5 Å². The fourth-order valence-corrected chi connectivity index (χ4v) is 4.90. The molecule has 0 radical (unpaired) electrons. The zero-order chi connectivity index (χ0) is 22.1. The predicted molar refractivity (Wildman–Crippen MR) is 101 cm³/mol. The third-order valence-corrected chi connectivity index (χ3v) is 6.51. The van der Waals surface area contributed by atoms with Crippen molar-refractivity contribution in [2.24, 2.45) is 10.9 Å². The molecule has 1 amide bonds. The molecule has 1 aliphatic rings. The normalized spacial score (nSPS) is 19.1. The van der Waals surface area contributed by atoms with Crippen LogP contribution in [0.5, 0.6) is 0 Å². The van der Waals surface area contributed by atoms with Gasteiger partial charge >= 0.3 is 6.18 Å². The van der Waals surface area contributed by atoms with Gasteiger partial charge in [0.1, 0.15) is 17.3 Å². The zero-order valence-corrected chi connectivity index (χ0v) is 16.7. The molecule has 2 heterocycles. The number of aromatic amines is 1. The number of halogens is 5. The third kappa shape index (κ3) is 5.57. The van der Waals surface area contributed by atoms with Crippen LogP contribution in [0.15, 0.2) is 29.3 Å². The van der Waals surface area contributed by atoms with Crippen LogP contribution in [0.3, 0.4) is 0 Å². The van der Waals surface area contributed by atoms with Gasteiger partial charge in [0, 0.05) is 18.1 Å². The van der Waals surface area contributed by atoms with Crippen LogP contribution in [0.1, 0.15) is 28.9 Å². The Kier molecular flexibility index (Phi) is 6.18. The molecule has 1 aromatic carbocycles. The molecule has 1 unspecified atom stereocenters. The van der Waals surface area contributed by atoms with Crippen LogP contribution in [-0.2, 0) is 16.0 Å². The Hall–Kier alpha value is -2.47. The Balaban J connectivity index is 1.85. The summed E-state index contributed by atoms with van der Waals surface area (Å²) in [7, 11) is -3.22. The molecule has 1 atom stereocenters. The molecule has 1 fully saturated rings. The molecule has 0 spiro atoms. The largest absolute Gasteiger partial charge is 0.432 e. The Morgan fingerprint density at radius 2 is 2.07 bits per heavy atom. The average Bonchev–Trinajstić information content (AvgIpc) is 3.23. The van der Waals surface area contributed by atoms with E-state index in [1.54, 1.807) is 5.10 Å². The number of alkyl halides is 3. The van der Waals surface area contributed by atoms with Crippen molar-refractivity contribution in [1.29, 1.82) is 0 Å². The van der Waals surface area contributed by atoms with Crippen LogP contribution < -0.4 is 5.32 Å². The number of aromatic nitrogens is 2. The molecule has 0 saturated carbocycles. The smallest absolute Gasteiger partial charge is 0.310 e. The molecular formula is C17H15ClF4N4O3S. The SMILES string of the molecule is O=C(NC(CC1CCS(=O)(=O)C1)=Nc1cc(C(F)(F)F)[nH]n1)c1ccc(Cl)c(F)c1. The highest BCUT2D eigenvalue weighted by molar-refractivity contribution is 7.91. The number of aliphatic imine (C=N–C) groups is 1. The van der Waals surface area contributed by atoms with E-state index in [-0.39, 0.29) is 46.1 Å². The van der Waals surface area contributed by atoms with Gasteiger partial charge in [0.25, 0.3) is 5.91 Å². The van der Waals surface area contributed by atoms with E-state index < -0.39 is 33.4 Å². The maximum absolute atomic E-state index is 13.6. The molecule has 0 aliphatic carbocycles. The standard InChI is InChI=1S/C17H15ClF4N4O3S/c18-11-2-1-10(6-12(11)19)16(27)24-14(5-9-3-4-30(28,29)8-9)23-15-7-13(25-26-15)17(20,21)22/h1-2,6-7,9H,3-5,8H2,(H2,23,24,25,26,27). The molecular weight excluding hydrogens is 452 g/mol. The van der Waals surface area contributed by atoms with Gasteiger partial charge < -0.3 is 5.32 Å². The summed E-state index contributed by atoms with van der Waals surface area (Å²) in [5.41, 5.74) is -1.23. The highest BCUT2D eigenvalue weighted by Crippen LogP contribution is 2.30. The minimum absolute atomic E-state index is 0.0186. The van der Waals surface area contributed by atoms with E-state index in [4.69, 9.17) is 11.6 Å². The lowest BCUT2D eigenvalue weighted by Crippen LogP contribution is -2.32. The van der Waals surface area contributed by atoms with Crippen LogP contribution in [0.4, 0.5) is 23.4 Å². The summed E-state index contributed by atoms with van der Waals surface area (Å²) >= 11 is 5.59. The molecule has 1 saturated heterocycles. The number of benzene rings is 1. The minimum atomic E-state index is -4.66. The number of sulfone groups is 1. The van der Waals surface area contributed by atoms with E-state index in [1.165, 1.54) is 12.1 Å². The Morgan fingerprint density at radius 1 is 1.33 bits per heavy atom. The molecule has 162 valence electrons. The molecule has 1 aliphatic heterocycles. The first-order chi connectivity index (χ1) is 13.9. The van der Waals surface area contributed by atoms with Crippen LogP contribution in [0.25, 0.3) is 0 Å². The van der Waals surface area contributed by atoms with Gasteiger partial charge in [-0.15, -0.1) is 0 Å². The number of nitrogens with one attached hydrogen (secondary N) is 2.